The normalized spacial score (nSPS) is 20.8. The first kappa shape index (κ1) is 70.6. The summed E-state index contributed by atoms with van der Waals surface area (Å²) in [5, 5.41) is 26.9. The van der Waals surface area contributed by atoms with Gasteiger partial charge < -0.3 is 72.5 Å². The molecule has 4 aromatic carbocycles. The summed E-state index contributed by atoms with van der Waals surface area (Å²) >= 11 is 0. The molecule has 4 aliphatic rings. The highest BCUT2D eigenvalue weighted by atomic mass is 16.5. The molecule has 4 heterocycles. The maximum atomic E-state index is 14.7. The number of nitrogens with two attached hydrogens (primary N) is 1. The second-order valence-corrected chi connectivity index (χ2v) is 22.4. The lowest BCUT2D eigenvalue weighted by molar-refractivity contribution is 0.0883. The van der Waals surface area contributed by atoms with Crippen molar-refractivity contribution in [3.63, 3.8) is 0 Å². The summed E-state index contributed by atoms with van der Waals surface area (Å²) in [7, 11) is 5.50. The van der Waals surface area contributed by atoms with Crippen LogP contribution in [0.15, 0.2) is 66.7 Å². The number of fused-ring (bicyclic) bond motifs is 16. The van der Waals surface area contributed by atoms with E-state index in [1.165, 1.54) is 40.6 Å². The Morgan fingerprint density at radius 1 is 0.435 bits per heavy atom. The third-order valence-electron chi connectivity index (χ3n) is 16.3. The van der Waals surface area contributed by atoms with Crippen LogP contribution < -0.4 is 72.5 Å². The maximum absolute atomic E-state index is 14.7. The van der Waals surface area contributed by atoms with Gasteiger partial charge in [-0.3, -0.25) is 62.8 Å². The summed E-state index contributed by atoms with van der Waals surface area (Å²) in [5.41, 5.74) is 6.81. The standard InChI is InChI=1S/C65H90N14O13/c1-6-7-21-67-57(80)43-40-51-56(92-5)52(41-43)65(88)75-29-37-79-36-28-74-63(86)50-19-12-16-47(55(50)91-4)60(83)70-24-32-77(33-25-73-64(51)87)39-38-76-30-22-68-58(81)45-14-10-17-48(53(45)89-2)61(84)71-26-34-78(42-44(79)13-8-9-20-66)35-27-72-62(85)49-18-11-15-46(54(49)90-3)59(82)69-23-31-76/h10-12,14-19,40-41,44H,6-9,13,20-39,42,66H2,1-5H3,(H,67,80)(H,68,81)(H,69,82)(H,70,83)(H,71,84)(H,72,85)(H,73,87)(H,74,86)(H,75,88). The fraction of sp³-hybridized carbons (Fsp3) is 0.492. The van der Waals surface area contributed by atoms with Gasteiger partial charge in [0.25, 0.3) is 53.2 Å². The molecule has 92 heavy (non-hydrogen) atoms. The summed E-state index contributed by atoms with van der Waals surface area (Å²) in [6, 6.07) is 16.7. The van der Waals surface area contributed by atoms with Gasteiger partial charge in [0.05, 0.1) is 72.9 Å². The Labute approximate surface area is 537 Å². The number of unbranched alkanes of at least 4 members (excludes halogenated alkanes) is 2. The van der Waals surface area contributed by atoms with Gasteiger partial charge in [-0.05, 0) is 74.3 Å². The van der Waals surface area contributed by atoms with E-state index >= 15 is 0 Å². The molecule has 3 unspecified atom stereocenters. The third-order valence-corrected chi connectivity index (χ3v) is 16.3. The monoisotopic (exact) mass is 1270 g/mol. The van der Waals surface area contributed by atoms with Gasteiger partial charge in [-0.2, -0.15) is 0 Å². The number of carbonyl (C=O) groups excluding carboxylic acids is 9. The van der Waals surface area contributed by atoms with E-state index in [9.17, 15) is 43.2 Å². The first-order chi connectivity index (χ1) is 44.6. The highest BCUT2D eigenvalue weighted by Crippen LogP contribution is 2.29. The van der Waals surface area contributed by atoms with E-state index in [2.05, 4.69) is 57.7 Å². The number of para-hydroxylation sites is 3. The fourth-order valence-corrected chi connectivity index (χ4v) is 11.4. The summed E-state index contributed by atoms with van der Waals surface area (Å²) in [6.45, 7) is 5.97. The van der Waals surface area contributed by atoms with E-state index in [0.29, 0.717) is 58.4 Å². The zero-order valence-electron chi connectivity index (χ0n) is 53.5. The second kappa shape index (κ2) is 36.2. The minimum atomic E-state index is -0.623. The SMILES string of the molecule is CCCCNC(=O)c1cc2c(OC)c(c1)C(=O)NCCN1CCNC(=O)c3cccc(c3OC)C(=O)NCCN(CCNC2=O)CCN2CCNC(=O)c3cccc(c3OC)C(=O)NCCN(CCNC(=O)c3cccc(c3OC)C(=O)NCC2)CC1CCCCN. The predicted molar refractivity (Wildman–Crippen MR) is 345 cm³/mol. The number of hydrogen-bond acceptors (Lipinski definition) is 18. The summed E-state index contributed by atoms with van der Waals surface area (Å²) in [6.07, 6.45) is 3.37. The van der Waals surface area contributed by atoms with Crippen LogP contribution >= 0.6 is 0 Å². The Bertz CT molecular complexity index is 3150. The maximum Gasteiger partial charge on any atom is 0.255 e. The van der Waals surface area contributed by atoms with Crippen molar-refractivity contribution in [2.24, 2.45) is 5.73 Å². The molecule has 0 aliphatic carbocycles. The van der Waals surface area contributed by atoms with Crippen molar-refractivity contribution in [3.05, 3.63) is 117 Å². The van der Waals surface area contributed by atoms with Crippen LogP contribution in [-0.2, 0) is 0 Å². The van der Waals surface area contributed by atoms with Crippen LogP contribution in [0.5, 0.6) is 23.0 Å². The number of rotatable bonds is 12. The van der Waals surface area contributed by atoms with Crippen LogP contribution in [0.1, 0.15) is 132 Å². The Morgan fingerprint density at radius 3 is 1.05 bits per heavy atom. The smallest absolute Gasteiger partial charge is 0.255 e. The second-order valence-electron chi connectivity index (χ2n) is 22.4. The van der Waals surface area contributed by atoms with Crippen molar-refractivity contribution in [2.75, 3.05) is 166 Å². The van der Waals surface area contributed by atoms with Crippen molar-refractivity contribution in [3.8, 4) is 23.0 Å². The molecule has 498 valence electrons. The van der Waals surface area contributed by atoms with Gasteiger partial charge in [-0.25, -0.2) is 0 Å². The molecule has 0 radical (unpaired) electrons. The fourth-order valence-electron chi connectivity index (χ4n) is 11.4. The first-order valence-corrected chi connectivity index (χ1v) is 31.5. The van der Waals surface area contributed by atoms with Gasteiger partial charge in [0.15, 0.2) is 0 Å². The van der Waals surface area contributed by atoms with E-state index in [4.69, 9.17) is 24.7 Å². The van der Waals surface area contributed by atoms with E-state index in [1.54, 1.807) is 54.6 Å². The van der Waals surface area contributed by atoms with Crippen molar-refractivity contribution in [1.29, 1.82) is 0 Å². The Morgan fingerprint density at radius 2 is 0.739 bits per heavy atom. The molecule has 0 fully saturated rings. The number of hydrogen-bond donors (Lipinski definition) is 10. The molecule has 8 rings (SSSR count). The first-order valence-electron chi connectivity index (χ1n) is 31.5. The molecule has 27 heteroatoms. The number of amides is 9. The summed E-state index contributed by atoms with van der Waals surface area (Å²) in [4.78, 5) is 137. The topological polar surface area (TPSA) is 338 Å². The Kier molecular flexibility index (Phi) is 27.8. The van der Waals surface area contributed by atoms with Crippen molar-refractivity contribution in [2.45, 2.75) is 45.1 Å². The van der Waals surface area contributed by atoms with Crippen molar-refractivity contribution >= 4 is 53.2 Å². The average molecular weight is 1280 g/mol. The molecule has 11 N–H and O–H groups in total. The zero-order chi connectivity index (χ0) is 65.9. The van der Waals surface area contributed by atoms with Crippen molar-refractivity contribution in [1.82, 2.24) is 67.5 Å². The zero-order valence-corrected chi connectivity index (χ0v) is 53.5. The highest BCUT2D eigenvalue weighted by molar-refractivity contribution is 6.09. The number of ether oxygens (including phenoxy) is 4. The van der Waals surface area contributed by atoms with E-state index in [-0.39, 0.29) is 184 Å². The molecule has 3 atom stereocenters. The molecule has 0 saturated carbocycles. The third kappa shape index (κ3) is 19.3. The van der Waals surface area contributed by atoms with Gasteiger partial charge in [-0.15, -0.1) is 0 Å². The summed E-state index contributed by atoms with van der Waals surface area (Å²) < 4.78 is 23.2. The molecule has 0 aromatic heterocycles. The molecule has 4 aromatic rings. The van der Waals surface area contributed by atoms with E-state index in [0.717, 1.165) is 6.42 Å². The minimum absolute atomic E-state index is 0.0139. The number of carbonyl (C=O) groups is 9. The van der Waals surface area contributed by atoms with Gasteiger partial charge in [0, 0.05) is 143 Å². The Balaban J connectivity index is 1.39. The molecule has 0 saturated heterocycles. The number of benzene rings is 4. The predicted octanol–water partition coefficient (Wildman–Crippen LogP) is 0.936. The number of nitrogens with zero attached hydrogens (tertiary/aromatic N) is 4. The number of methoxy groups -OCH3 is 4. The minimum Gasteiger partial charge on any atom is -0.495 e. The van der Waals surface area contributed by atoms with Gasteiger partial charge in [0.1, 0.15) is 23.0 Å². The molecule has 27 nitrogen and oxygen atoms in total. The van der Waals surface area contributed by atoms with Gasteiger partial charge in [0.2, 0.25) is 0 Å². The van der Waals surface area contributed by atoms with E-state index in [1.807, 2.05) is 16.7 Å². The average Bonchev–Trinajstić information content (AvgIpc) is 0.897. The Hall–Kier alpha value is -8.89. The van der Waals surface area contributed by atoms with Crippen LogP contribution in [0.25, 0.3) is 0 Å². The molecule has 12 bridgehead atoms. The molecule has 0 spiro atoms. The van der Waals surface area contributed by atoms with Gasteiger partial charge >= 0.3 is 0 Å². The van der Waals surface area contributed by atoms with Gasteiger partial charge in [-0.1, -0.05) is 38.0 Å². The van der Waals surface area contributed by atoms with Crippen LogP contribution in [0.4, 0.5) is 0 Å². The van der Waals surface area contributed by atoms with Crippen LogP contribution in [-0.4, -0.2) is 245 Å². The largest absolute Gasteiger partial charge is 0.495 e. The van der Waals surface area contributed by atoms with Crippen LogP contribution in [0.2, 0.25) is 0 Å². The molecule has 9 amide bonds. The lowest BCUT2D eigenvalue weighted by Gasteiger charge is -2.36. The van der Waals surface area contributed by atoms with E-state index < -0.39 is 53.2 Å². The van der Waals surface area contributed by atoms with Crippen LogP contribution in [0, 0.1) is 0 Å². The lowest BCUT2D eigenvalue weighted by Crippen LogP contribution is -2.51. The molecule has 4 aliphatic heterocycles. The summed E-state index contributed by atoms with van der Waals surface area (Å²) in [5.74, 6) is -4.58. The lowest BCUT2D eigenvalue weighted by atomic mass is 10.0. The number of nitrogens with one attached hydrogen (secondary N) is 9. The quantitative estimate of drug-likeness (QED) is 0.0883. The van der Waals surface area contributed by atoms with Crippen LogP contribution in [0.3, 0.4) is 0 Å². The molecular formula is C65H90N14O13. The van der Waals surface area contributed by atoms with Crippen molar-refractivity contribution < 1.29 is 62.1 Å². The highest BCUT2D eigenvalue weighted by Gasteiger charge is 2.29. The molecular weight excluding hydrogens is 1180 g/mol.